The number of carbonyl (C=O) groups excluding carboxylic acids is 1. The summed E-state index contributed by atoms with van der Waals surface area (Å²) < 4.78 is 65.1. The van der Waals surface area contributed by atoms with E-state index >= 15 is 0 Å². The third-order valence-electron chi connectivity index (χ3n) is 3.38. The summed E-state index contributed by atoms with van der Waals surface area (Å²) in [5.74, 6) is -1.91. The third kappa shape index (κ3) is 2.49. The summed E-state index contributed by atoms with van der Waals surface area (Å²) in [6, 6.07) is 0. The average molecular weight is 270 g/mol. The maximum absolute atomic E-state index is 12.2. The summed E-state index contributed by atoms with van der Waals surface area (Å²) in [7, 11) is 0. The molecule has 2 rings (SSSR count). The molecule has 0 saturated heterocycles. The van der Waals surface area contributed by atoms with Crippen LogP contribution in [0.25, 0.3) is 0 Å². The van der Waals surface area contributed by atoms with Gasteiger partial charge in [0.2, 0.25) is 0 Å². The van der Waals surface area contributed by atoms with E-state index in [0.29, 0.717) is 12.8 Å². The fourth-order valence-electron chi connectivity index (χ4n) is 2.53. The Kier molecular flexibility index (Phi) is 3.33. The molecule has 0 aromatic heterocycles. The average Bonchev–Trinajstić information content (AvgIpc) is 2.84. The van der Waals surface area contributed by atoms with Crippen LogP contribution in [-0.2, 0) is 9.53 Å². The molecule has 0 spiro atoms. The number of fused-ring (bicyclic) bond motifs is 2. The lowest BCUT2D eigenvalue weighted by atomic mass is 9.94. The lowest BCUT2D eigenvalue weighted by Crippen LogP contribution is -2.41. The number of halogens is 5. The molecule has 0 aromatic rings. The lowest BCUT2D eigenvalue weighted by molar-refractivity contribution is -0.251. The predicted molar refractivity (Wildman–Crippen MR) is 50.8 cm³/mol. The zero-order chi connectivity index (χ0) is 13.5. The van der Waals surface area contributed by atoms with Crippen molar-refractivity contribution in [1.29, 1.82) is 0 Å². The number of ether oxygens (including phenoxy) is 1. The Hall–Kier alpha value is -1.14. The van der Waals surface area contributed by atoms with Gasteiger partial charge in [0.05, 0.1) is 5.92 Å². The van der Waals surface area contributed by atoms with Crippen molar-refractivity contribution in [3.8, 4) is 0 Å². The highest BCUT2D eigenvalue weighted by Crippen LogP contribution is 2.44. The monoisotopic (exact) mass is 270 g/mol. The highest BCUT2D eigenvalue weighted by Gasteiger charge is 2.51. The molecule has 2 bridgehead atoms. The van der Waals surface area contributed by atoms with Gasteiger partial charge in [0.15, 0.2) is 0 Å². The summed E-state index contributed by atoms with van der Waals surface area (Å²) in [4.78, 5) is 11.5. The lowest BCUT2D eigenvalue weighted by Gasteiger charge is -2.23. The van der Waals surface area contributed by atoms with Gasteiger partial charge in [-0.2, -0.15) is 13.2 Å². The molecule has 0 aliphatic heterocycles. The van der Waals surface area contributed by atoms with Crippen LogP contribution in [0.15, 0.2) is 12.2 Å². The van der Waals surface area contributed by atoms with E-state index in [2.05, 4.69) is 4.74 Å². The van der Waals surface area contributed by atoms with Crippen molar-refractivity contribution in [2.45, 2.75) is 31.5 Å². The van der Waals surface area contributed by atoms with Crippen molar-refractivity contribution in [3.63, 3.8) is 0 Å². The highest BCUT2D eigenvalue weighted by molar-refractivity contribution is 5.74. The minimum Gasteiger partial charge on any atom is -0.446 e. The number of alkyl halides is 5. The normalized spacial score (nSPS) is 32.0. The molecule has 7 heteroatoms. The molecule has 2 nitrogen and oxygen atoms in total. The van der Waals surface area contributed by atoms with Crippen LogP contribution in [0.3, 0.4) is 0 Å². The van der Waals surface area contributed by atoms with Gasteiger partial charge < -0.3 is 4.74 Å². The van der Waals surface area contributed by atoms with Crippen LogP contribution in [0.1, 0.15) is 12.8 Å². The first kappa shape index (κ1) is 13.3. The van der Waals surface area contributed by atoms with Crippen molar-refractivity contribution in [3.05, 3.63) is 12.2 Å². The van der Waals surface area contributed by atoms with Crippen molar-refractivity contribution in [2.75, 3.05) is 0 Å². The Balaban J connectivity index is 2.00. The quantitative estimate of drug-likeness (QED) is 0.448. The van der Waals surface area contributed by atoms with Crippen molar-refractivity contribution in [2.24, 2.45) is 17.8 Å². The summed E-state index contributed by atoms with van der Waals surface area (Å²) in [5, 5.41) is 0. The van der Waals surface area contributed by atoms with Crippen LogP contribution < -0.4 is 0 Å². The number of allylic oxidation sites excluding steroid dienone is 2. The second kappa shape index (κ2) is 4.51. The molecule has 0 aromatic carbocycles. The van der Waals surface area contributed by atoms with Gasteiger partial charge in [-0.3, -0.25) is 4.79 Å². The maximum atomic E-state index is 12.2. The zero-order valence-corrected chi connectivity index (χ0v) is 9.16. The first-order chi connectivity index (χ1) is 8.29. The van der Waals surface area contributed by atoms with Crippen molar-refractivity contribution in [1.82, 2.24) is 0 Å². The van der Waals surface area contributed by atoms with Crippen LogP contribution in [0, 0.1) is 17.8 Å². The van der Waals surface area contributed by atoms with Gasteiger partial charge in [-0.05, 0) is 24.7 Å². The fraction of sp³-hybridized carbons (Fsp3) is 0.727. The second-order valence-electron chi connectivity index (χ2n) is 4.62. The molecule has 2 aliphatic rings. The van der Waals surface area contributed by atoms with Gasteiger partial charge in [0.25, 0.3) is 12.5 Å². The Morgan fingerprint density at radius 3 is 2.28 bits per heavy atom. The molecule has 4 atom stereocenters. The molecule has 0 radical (unpaired) electrons. The van der Waals surface area contributed by atoms with Crippen LogP contribution in [0.4, 0.5) is 22.0 Å². The maximum Gasteiger partial charge on any atom is 0.431 e. The molecular formula is C11H11F5O2. The molecule has 2 aliphatic carbocycles. The minimum absolute atomic E-state index is 0.156. The zero-order valence-electron chi connectivity index (χ0n) is 9.16. The molecule has 0 heterocycles. The minimum atomic E-state index is -5.24. The molecular weight excluding hydrogens is 259 g/mol. The van der Waals surface area contributed by atoms with Crippen LogP contribution in [-0.4, -0.2) is 24.7 Å². The molecule has 4 unspecified atom stereocenters. The molecule has 18 heavy (non-hydrogen) atoms. The molecule has 0 amide bonds. The van der Waals surface area contributed by atoms with Gasteiger partial charge in [-0.1, -0.05) is 12.2 Å². The first-order valence-electron chi connectivity index (χ1n) is 5.52. The van der Waals surface area contributed by atoms with E-state index < -0.39 is 30.6 Å². The predicted octanol–water partition coefficient (Wildman–Crippen LogP) is 2.94. The summed E-state index contributed by atoms with van der Waals surface area (Å²) in [6.07, 6.45) is -7.62. The summed E-state index contributed by atoms with van der Waals surface area (Å²) in [5.41, 5.74) is 0. The fourth-order valence-corrected chi connectivity index (χ4v) is 2.53. The van der Waals surface area contributed by atoms with E-state index in [1.165, 1.54) is 0 Å². The van der Waals surface area contributed by atoms with Gasteiger partial charge in [-0.15, -0.1) is 0 Å². The number of carbonyl (C=O) groups is 1. The Bertz CT molecular complexity index is 363. The smallest absolute Gasteiger partial charge is 0.431 e. The second-order valence-corrected chi connectivity index (χ2v) is 4.62. The van der Waals surface area contributed by atoms with Crippen LogP contribution in [0.5, 0.6) is 0 Å². The summed E-state index contributed by atoms with van der Waals surface area (Å²) >= 11 is 0. The molecule has 1 fully saturated rings. The van der Waals surface area contributed by atoms with Crippen LogP contribution >= 0.6 is 0 Å². The van der Waals surface area contributed by atoms with Crippen molar-refractivity contribution < 1.29 is 31.5 Å². The van der Waals surface area contributed by atoms with E-state index in [4.69, 9.17) is 0 Å². The number of hydrogen-bond donors (Lipinski definition) is 0. The van der Waals surface area contributed by atoms with Gasteiger partial charge in [-0.25, -0.2) is 8.78 Å². The first-order valence-corrected chi connectivity index (χ1v) is 5.52. The number of rotatable bonds is 3. The molecule has 0 N–H and O–H groups in total. The van der Waals surface area contributed by atoms with Gasteiger partial charge in [0.1, 0.15) is 0 Å². The third-order valence-corrected chi connectivity index (χ3v) is 3.38. The number of esters is 1. The van der Waals surface area contributed by atoms with E-state index in [1.807, 2.05) is 6.08 Å². The summed E-state index contributed by atoms with van der Waals surface area (Å²) in [6.45, 7) is 0. The Labute approximate surface area is 99.8 Å². The topological polar surface area (TPSA) is 26.3 Å². The largest absolute Gasteiger partial charge is 0.446 e. The van der Waals surface area contributed by atoms with Crippen molar-refractivity contribution >= 4 is 5.97 Å². The molecule has 102 valence electrons. The van der Waals surface area contributed by atoms with Crippen LogP contribution in [0.2, 0.25) is 0 Å². The Morgan fingerprint density at radius 2 is 1.89 bits per heavy atom. The Morgan fingerprint density at radius 1 is 1.22 bits per heavy atom. The van der Waals surface area contributed by atoms with E-state index in [9.17, 15) is 26.7 Å². The number of hydrogen-bond acceptors (Lipinski definition) is 2. The van der Waals surface area contributed by atoms with Gasteiger partial charge in [0, 0.05) is 0 Å². The molecule has 1 saturated carbocycles. The highest BCUT2D eigenvalue weighted by atomic mass is 19.4. The van der Waals surface area contributed by atoms with E-state index in [-0.39, 0.29) is 11.8 Å². The van der Waals surface area contributed by atoms with E-state index in [0.717, 1.165) is 0 Å². The SMILES string of the molecule is O=C(OC(C(F)F)C(F)(F)F)C1CC2C=CC1C2. The standard InChI is InChI=1S/C11H11F5O2/c12-9(13)8(11(14,15)16)18-10(17)7-4-5-1-2-6(7)3-5/h1-2,5-9H,3-4H2. The van der Waals surface area contributed by atoms with E-state index in [1.54, 1.807) is 6.08 Å². The van der Waals surface area contributed by atoms with Gasteiger partial charge >= 0.3 is 12.1 Å².